The molecule has 6 heteroatoms. The molecule has 5 nitrogen and oxygen atoms in total. The Hall–Kier alpha value is -2.89. The Kier molecular flexibility index (Phi) is 5.68. The van der Waals surface area contributed by atoms with Crippen molar-refractivity contribution in [3.63, 3.8) is 0 Å². The average Bonchev–Trinajstić information content (AvgIpc) is 2.56. The molecule has 0 saturated carbocycles. The number of carbonyl (C=O) groups is 2. The van der Waals surface area contributed by atoms with E-state index in [0.717, 1.165) is 5.56 Å². The van der Waals surface area contributed by atoms with Crippen LogP contribution >= 0.6 is 0 Å². The third-order valence-electron chi connectivity index (χ3n) is 3.15. The molecule has 0 heterocycles. The summed E-state index contributed by atoms with van der Waals surface area (Å²) >= 11 is 0. The van der Waals surface area contributed by atoms with Gasteiger partial charge in [0.05, 0.1) is 12.7 Å². The van der Waals surface area contributed by atoms with Gasteiger partial charge in [0.15, 0.2) is 0 Å². The summed E-state index contributed by atoms with van der Waals surface area (Å²) in [5.74, 6) is -0.754. The number of nitrogens with one attached hydrogen (secondary N) is 2. The highest BCUT2D eigenvalue weighted by molar-refractivity contribution is 5.93. The zero-order chi connectivity index (χ0) is 16.7. The number of urea groups is 1. The first-order valence-corrected chi connectivity index (χ1v) is 7.06. The smallest absolute Gasteiger partial charge is 0.337 e. The molecular formula is C17H17FN2O3. The van der Waals surface area contributed by atoms with E-state index in [1.165, 1.54) is 25.3 Å². The summed E-state index contributed by atoms with van der Waals surface area (Å²) < 4.78 is 17.4. The minimum Gasteiger partial charge on any atom is -0.465 e. The van der Waals surface area contributed by atoms with Gasteiger partial charge >= 0.3 is 12.0 Å². The van der Waals surface area contributed by atoms with Crippen LogP contribution in [0.4, 0.5) is 14.9 Å². The van der Waals surface area contributed by atoms with Crippen LogP contribution in [0.1, 0.15) is 15.9 Å². The number of benzene rings is 2. The summed E-state index contributed by atoms with van der Waals surface area (Å²) in [7, 11) is 1.30. The number of hydrogen-bond donors (Lipinski definition) is 2. The SMILES string of the molecule is COC(=O)c1cccc(NC(=O)NCCc2ccc(F)cc2)c1. The van der Waals surface area contributed by atoms with Crippen molar-refractivity contribution in [2.75, 3.05) is 19.0 Å². The van der Waals surface area contributed by atoms with E-state index in [4.69, 9.17) is 0 Å². The lowest BCUT2D eigenvalue weighted by Crippen LogP contribution is -2.30. The van der Waals surface area contributed by atoms with Crippen molar-refractivity contribution >= 4 is 17.7 Å². The lowest BCUT2D eigenvalue weighted by Gasteiger charge is -2.08. The Morgan fingerprint density at radius 1 is 1.13 bits per heavy atom. The second kappa shape index (κ2) is 7.93. The Balaban J connectivity index is 1.82. The number of carbonyl (C=O) groups excluding carboxylic acids is 2. The molecule has 2 rings (SSSR count). The molecule has 0 unspecified atom stereocenters. The van der Waals surface area contributed by atoms with Gasteiger partial charge in [0.2, 0.25) is 0 Å². The van der Waals surface area contributed by atoms with Crippen LogP contribution in [0.25, 0.3) is 0 Å². The molecule has 120 valence electrons. The summed E-state index contributed by atoms with van der Waals surface area (Å²) in [5, 5.41) is 5.34. The number of amides is 2. The summed E-state index contributed by atoms with van der Waals surface area (Å²) in [6.07, 6.45) is 0.593. The molecule has 0 aliphatic heterocycles. The third-order valence-corrected chi connectivity index (χ3v) is 3.15. The Labute approximate surface area is 133 Å². The van der Waals surface area contributed by atoms with Crippen LogP contribution in [0.3, 0.4) is 0 Å². The van der Waals surface area contributed by atoms with Crippen molar-refractivity contribution in [2.45, 2.75) is 6.42 Å². The quantitative estimate of drug-likeness (QED) is 0.833. The minimum absolute atomic E-state index is 0.287. The molecule has 2 aromatic carbocycles. The first-order chi connectivity index (χ1) is 11.1. The Morgan fingerprint density at radius 2 is 1.87 bits per heavy atom. The summed E-state index contributed by atoms with van der Waals surface area (Å²) in [4.78, 5) is 23.2. The van der Waals surface area contributed by atoms with Gasteiger partial charge < -0.3 is 15.4 Å². The number of ether oxygens (including phenoxy) is 1. The highest BCUT2D eigenvalue weighted by Crippen LogP contribution is 2.11. The van der Waals surface area contributed by atoms with E-state index in [0.29, 0.717) is 24.2 Å². The predicted molar refractivity (Wildman–Crippen MR) is 84.9 cm³/mol. The molecule has 0 saturated heterocycles. The van der Waals surface area contributed by atoms with E-state index < -0.39 is 5.97 Å². The van der Waals surface area contributed by atoms with E-state index in [2.05, 4.69) is 15.4 Å². The number of esters is 1. The lowest BCUT2D eigenvalue weighted by molar-refractivity contribution is 0.0600. The minimum atomic E-state index is -0.467. The molecule has 0 radical (unpaired) electrons. The molecule has 2 N–H and O–H groups in total. The molecule has 23 heavy (non-hydrogen) atoms. The number of rotatable bonds is 5. The van der Waals surface area contributed by atoms with Crippen LogP contribution in [-0.2, 0) is 11.2 Å². The predicted octanol–water partition coefficient (Wildman–Crippen LogP) is 2.98. The third kappa shape index (κ3) is 5.10. The Bertz CT molecular complexity index is 686. The molecule has 0 fully saturated rings. The van der Waals surface area contributed by atoms with Gasteiger partial charge in [-0.3, -0.25) is 0 Å². The van der Waals surface area contributed by atoms with Crippen molar-refractivity contribution in [3.8, 4) is 0 Å². The maximum Gasteiger partial charge on any atom is 0.337 e. The molecular weight excluding hydrogens is 299 g/mol. The first kappa shape index (κ1) is 16.5. The van der Waals surface area contributed by atoms with Crippen molar-refractivity contribution in [2.24, 2.45) is 0 Å². The molecule has 0 aliphatic carbocycles. The summed E-state index contributed by atoms with van der Waals surface area (Å²) in [6.45, 7) is 0.411. The van der Waals surface area contributed by atoms with Crippen molar-refractivity contribution in [1.82, 2.24) is 5.32 Å². The molecule has 0 bridgehead atoms. The van der Waals surface area contributed by atoms with Crippen LogP contribution in [0.5, 0.6) is 0 Å². The van der Waals surface area contributed by atoms with Crippen molar-refractivity contribution in [1.29, 1.82) is 0 Å². The Morgan fingerprint density at radius 3 is 2.57 bits per heavy atom. The van der Waals surface area contributed by atoms with E-state index in [1.54, 1.807) is 30.3 Å². The van der Waals surface area contributed by atoms with E-state index in [9.17, 15) is 14.0 Å². The van der Waals surface area contributed by atoms with Gasteiger partial charge in [0, 0.05) is 12.2 Å². The highest BCUT2D eigenvalue weighted by Gasteiger charge is 2.07. The van der Waals surface area contributed by atoms with Crippen LogP contribution in [0.15, 0.2) is 48.5 Å². The molecule has 0 aliphatic rings. The highest BCUT2D eigenvalue weighted by atomic mass is 19.1. The average molecular weight is 316 g/mol. The lowest BCUT2D eigenvalue weighted by atomic mass is 10.1. The number of halogens is 1. The normalized spacial score (nSPS) is 10.0. The fourth-order valence-corrected chi connectivity index (χ4v) is 1.99. The van der Waals surface area contributed by atoms with E-state index >= 15 is 0 Å². The van der Waals surface area contributed by atoms with Gasteiger partial charge in [-0.25, -0.2) is 14.0 Å². The standard InChI is InChI=1S/C17H17FN2O3/c1-23-16(21)13-3-2-4-15(11-13)20-17(22)19-10-9-12-5-7-14(18)8-6-12/h2-8,11H,9-10H2,1H3,(H2,19,20,22). The van der Waals surface area contributed by atoms with Crippen molar-refractivity contribution in [3.05, 3.63) is 65.5 Å². The molecule has 2 amide bonds. The van der Waals surface area contributed by atoms with Gasteiger partial charge in [0.1, 0.15) is 5.82 Å². The van der Waals surface area contributed by atoms with Crippen LogP contribution in [0.2, 0.25) is 0 Å². The number of hydrogen-bond acceptors (Lipinski definition) is 3. The second-order valence-electron chi connectivity index (χ2n) is 4.83. The zero-order valence-electron chi connectivity index (χ0n) is 12.6. The van der Waals surface area contributed by atoms with Gasteiger partial charge in [0.25, 0.3) is 0 Å². The molecule has 2 aromatic rings. The largest absolute Gasteiger partial charge is 0.465 e. The van der Waals surface area contributed by atoms with Gasteiger partial charge in [-0.05, 0) is 42.3 Å². The van der Waals surface area contributed by atoms with Crippen molar-refractivity contribution < 1.29 is 18.7 Å². The topological polar surface area (TPSA) is 67.4 Å². The second-order valence-corrected chi connectivity index (χ2v) is 4.83. The maximum absolute atomic E-state index is 12.8. The fraction of sp³-hybridized carbons (Fsp3) is 0.176. The van der Waals surface area contributed by atoms with E-state index in [-0.39, 0.29) is 11.8 Å². The van der Waals surface area contributed by atoms with Gasteiger partial charge in [-0.2, -0.15) is 0 Å². The fourth-order valence-electron chi connectivity index (χ4n) is 1.99. The first-order valence-electron chi connectivity index (χ1n) is 7.06. The summed E-state index contributed by atoms with van der Waals surface area (Å²) in [6, 6.07) is 12.2. The monoisotopic (exact) mass is 316 g/mol. The summed E-state index contributed by atoms with van der Waals surface area (Å²) in [5.41, 5.74) is 1.78. The van der Waals surface area contributed by atoms with E-state index in [1.807, 2.05) is 0 Å². The molecule has 0 spiro atoms. The van der Waals surface area contributed by atoms with Gasteiger partial charge in [-0.15, -0.1) is 0 Å². The van der Waals surface area contributed by atoms with Crippen LogP contribution in [0, 0.1) is 5.82 Å². The number of anilines is 1. The molecule has 0 atom stereocenters. The van der Waals surface area contributed by atoms with Crippen LogP contribution in [-0.4, -0.2) is 25.7 Å². The number of methoxy groups -OCH3 is 1. The van der Waals surface area contributed by atoms with Gasteiger partial charge in [-0.1, -0.05) is 18.2 Å². The molecule has 0 aromatic heterocycles. The maximum atomic E-state index is 12.8. The van der Waals surface area contributed by atoms with Crippen LogP contribution < -0.4 is 10.6 Å². The zero-order valence-corrected chi connectivity index (χ0v) is 12.6.